The van der Waals surface area contributed by atoms with Crippen LogP contribution in [0.15, 0.2) is 36.7 Å². The summed E-state index contributed by atoms with van der Waals surface area (Å²) >= 11 is 0. The van der Waals surface area contributed by atoms with Crippen molar-refractivity contribution in [1.82, 2.24) is 9.97 Å². The normalized spacial score (nSPS) is 8.79. The highest BCUT2D eigenvalue weighted by molar-refractivity contribution is 5.90. The molecule has 0 aliphatic rings. The number of pyridine rings is 2. The Labute approximate surface area is 109 Å². The predicted molar refractivity (Wildman–Crippen MR) is 70.5 cm³/mol. The molecule has 0 saturated heterocycles. The number of hydrogen-bond donors (Lipinski definition) is 3. The van der Waals surface area contributed by atoms with E-state index in [4.69, 9.17) is 22.5 Å². The number of nitrogen functional groups attached to an aromatic ring is 2. The van der Waals surface area contributed by atoms with Crippen LogP contribution >= 0.6 is 0 Å². The molecule has 0 radical (unpaired) electrons. The van der Waals surface area contributed by atoms with Crippen LogP contribution in [0.1, 0.15) is 16.2 Å². The molecule has 0 saturated carbocycles. The minimum Gasteiger partial charge on any atom is -0.397 e. The number of nitriles is 1. The average Bonchev–Trinajstić information content (AvgIpc) is 2.41. The van der Waals surface area contributed by atoms with Crippen molar-refractivity contribution in [3.63, 3.8) is 0 Å². The molecule has 6 N–H and O–H groups in total. The molecule has 0 fully saturated rings. The van der Waals surface area contributed by atoms with E-state index in [0.717, 1.165) is 0 Å². The Balaban J connectivity index is 0.000000191. The Kier molecular flexibility index (Phi) is 4.81. The monoisotopic (exact) mass is 256 g/mol. The van der Waals surface area contributed by atoms with Crippen LogP contribution in [0.2, 0.25) is 0 Å². The number of anilines is 2. The maximum atomic E-state index is 10.4. The minimum absolute atomic E-state index is 0.231. The number of carbonyl (C=O) groups excluding carboxylic acids is 1. The van der Waals surface area contributed by atoms with Gasteiger partial charge in [0.05, 0.1) is 23.8 Å². The highest BCUT2D eigenvalue weighted by Gasteiger charge is 1.98. The maximum absolute atomic E-state index is 10.4. The summed E-state index contributed by atoms with van der Waals surface area (Å²) in [6.45, 7) is 0. The lowest BCUT2D eigenvalue weighted by Gasteiger charge is -1.93. The molecule has 2 rings (SSSR count). The van der Waals surface area contributed by atoms with Gasteiger partial charge in [-0.05, 0) is 24.3 Å². The third kappa shape index (κ3) is 4.70. The Morgan fingerprint density at radius 3 is 2.00 bits per heavy atom. The molecule has 0 aliphatic carbocycles. The zero-order chi connectivity index (χ0) is 14.3. The van der Waals surface area contributed by atoms with E-state index >= 15 is 0 Å². The number of carbonyl (C=O) groups is 1. The summed E-state index contributed by atoms with van der Waals surface area (Å²) in [5.41, 5.74) is 17.3. The Morgan fingerprint density at radius 1 is 1.05 bits per heavy atom. The molecular weight excluding hydrogens is 244 g/mol. The van der Waals surface area contributed by atoms with Gasteiger partial charge in [0.15, 0.2) is 0 Å². The molecule has 2 heterocycles. The van der Waals surface area contributed by atoms with E-state index in [2.05, 4.69) is 9.97 Å². The highest BCUT2D eigenvalue weighted by atomic mass is 16.1. The van der Waals surface area contributed by atoms with Gasteiger partial charge in [-0.25, -0.2) is 9.97 Å². The summed E-state index contributed by atoms with van der Waals surface area (Å²) in [5, 5.41) is 8.28. The second-order valence-corrected chi connectivity index (χ2v) is 3.43. The first-order chi connectivity index (χ1) is 9.02. The summed E-state index contributed by atoms with van der Waals surface area (Å²) in [5.74, 6) is -0.542. The van der Waals surface area contributed by atoms with Gasteiger partial charge in [0.2, 0.25) is 0 Å². The van der Waals surface area contributed by atoms with E-state index < -0.39 is 5.91 Å². The molecule has 0 aliphatic heterocycles. The van der Waals surface area contributed by atoms with Crippen molar-refractivity contribution in [3.05, 3.63) is 48.0 Å². The standard InChI is InChI=1S/C6H7N3O.C6H5N3/c7-4-1-2-5(6(8)10)9-3-4;7-3-6-2-1-5(8)4-9-6/h1-3H,7H2,(H2,8,10);1-2,4H,8H2. The zero-order valence-electron chi connectivity index (χ0n) is 9.95. The van der Waals surface area contributed by atoms with Crippen LogP contribution < -0.4 is 17.2 Å². The molecule has 7 nitrogen and oxygen atoms in total. The molecule has 0 bridgehead atoms. The first-order valence-corrected chi connectivity index (χ1v) is 5.16. The molecule has 0 unspecified atom stereocenters. The van der Waals surface area contributed by atoms with Gasteiger partial charge in [-0.1, -0.05) is 0 Å². The molecular formula is C12H12N6O. The van der Waals surface area contributed by atoms with Crippen molar-refractivity contribution in [1.29, 1.82) is 5.26 Å². The Hall–Kier alpha value is -3.14. The number of hydrogen-bond acceptors (Lipinski definition) is 6. The molecule has 0 spiro atoms. The molecule has 0 aromatic carbocycles. The van der Waals surface area contributed by atoms with Crippen molar-refractivity contribution in [2.45, 2.75) is 0 Å². The molecule has 2 aromatic heterocycles. The fourth-order valence-electron chi connectivity index (χ4n) is 1.02. The van der Waals surface area contributed by atoms with Gasteiger partial charge in [-0.2, -0.15) is 5.26 Å². The van der Waals surface area contributed by atoms with Gasteiger partial charge in [0, 0.05) is 0 Å². The number of rotatable bonds is 1. The van der Waals surface area contributed by atoms with Crippen molar-refractivity contribution in [3.8, 4) is 6.07 Å². The lowest BCUT2D eigenvalue weighted by atomic mass is 10.3. The number of amides is 1. The van der Waals surface area contributed by atoms with Gasteiger partial charge >= 0.3 is 0 Å². The molecule has 96 valence electrons. The topological polar surface area (TPSA) is 145 Å². The quantitative estimate of drug-likeness (QED) is 0.668. The van der Waals surface area contributed by atoms with Crippen LogP contribution in [0.5, 0.6) is 0 Å². The molecule has 2 aromatic rings. The van der Waals surface area contributed by atoms with Crippen LogP contribution in [-0.4, -0.2) is 15.9 Å². The largest absolute Gasteiger partial charge is 0.397 e. The van der Waals surface area contributed by atoms with Gasteiger partial charge in [0.25, 0.3) is 5.91 Å². The summed E-state index contributed by atoms with van der Waals surface area (Å²) in [4.78, 5) is 17.8. The fraction of sp³-hybridized carbons (Fsp3) is 0. The SMILES string of the molecule is N#Cc1ccc(N)cn1.NC(=O)c1ccc(N)cn1. The van der Waals surface area contributed by atoms with E-state index in [1.165, 1.54) is 18.5 Å². The summed E-state index contributed by atoms with van der Waals surface area (Å²) in [6, 6.07) is 8.17. The third-order valence-corrected chi connectivity index (χ3v) is 1.94. The van der Waals surface area contributed by atoms with Gasteiger partial charge in [-0.15, -0.1) is 0 Å². The summed E-state index contributed by atoms with van der Waals surface area (Å²) < 4.78 is 0. The first-order valence-electron chi connectivity index (χ1n) is 5.16. The van der Waals surface area contributed by atoms with Crippen molar-refractivity contribution < 1.29 is 4.79 Å². The van der Waals surface area contributed by atoms with Crippen LogP contribution in [-0.2, 0) is 0 Å². The van der Waals surface area contributed by atoms with E-state index in [0.29, 0.717) is 17.1 Å². The minimum atomic E-state index is -0.542. The van der Waals surface area contributed by atoms with Crippen LogP contribution in [0.4, 0.5) is 11.4 Å². The highest BCUT2D eigenvalue weighted by Crippen LogP contribution is 1.99. The van der Waals surface area contributed by atoms with E-state index in [1.54, 1.807) is 18.2 Å². The van der Waals surface area contributed by atoms with E-state index in [1.807, 2.05) is 6.07 Å². The van der Waals surface area contributed by atoms with Gasteiger partial charge in [-0.3, -0.25) is 4.79 Å². The second kappa shape index (κ2) is 6.56. The maximum Gasteiger partial charge on any atom is 0.267 e. The van der Waals surface area contributed by atoms with Crippen LogP contribution in [0.3, 0.4) is 0 Å². The van der Waals surface area contributed by atoms with Gasteiger partial charge < -0.3 is 17.2 Å². The van der Waals surface area contributed by atoms with Gasteiger partial charge in [0.1, 0.15) is 17.5 Å². The summed E-state index contributed by atoms with van der Waals surface area (Å²) in [7, 11) is 0. The fourth-order valence-corrected chi connectivity index (χ4v) is 1.02. The molecule has 19 heavy (non-hydrogen) atoms. The number of nitrogens with zero attached hydrogens (tertiary/aromatic N) is 3. The number of nitrogens with two attached hydrogens (primary N) is 3. The number of primary amides is 1. The zero-order valence-corrected chi connectivity index (χ0v) is 9.95. The van der Waals surface area contributed by atoms with E-state index in [9.17, 15) is 4.79 Å². The Morgan fingerprint density at radius 2 is 1.63 bits per heavy atom. The van der Waals surface area contributed by atoms with Crippen LogP contribution in [0, 0.1) is 11.3 Å². The second-order valence-electron chi connectivity index (χ2n) is 3.43. The van der Waals surface area contributed by atoms with Crippen molar-refractivity contribution >= 4 is 17.3 Å². The predicted octanol–water partition coefficient (Wildman–Crippen LogP) is 0.298. The lowest BCUT2D eigenvalue weighted by molar-refractivity contribution is 0.0995. The molecule has 7 heteroatoms. The molecule has 1 amide bonds. The van der Waals surface area contributed by atoms with Crippen LogP contribution in [0.25, 0.3) is 0 Å². The number of aromatic nitrogens is 2. The van der Waals surface area contributed by atoms with Crippen molar-refractivity contribution in [2.75, 3.05) is 11.5 Å². The Bertz CT molecular complexity index is 585. The van der Waals surface area contributed by atoms with Crippen molar-refractivity contribution in [2.24, 2.45) is 5.73 Å². The lowest BCUT2D eigenvalue weighted by Crippen LogP contribution is -2.12. The smallest absolute Gasteiger partial charge is 0.267 e. The third-order valence-electron chi connectivity index (χ3n) is 1.94. The van der Waals surface area contributed by atoms with E-state index in [-0.39, 0.29) is 5.69 Å². The average molecular weight is 256 g/mol. The molecule has 0 atom stereocenters. The summed E-state index contributed by atoms with van der Waals surface area (Å²) in [6.07, 6.45) is 2.85. The first kappa shape index (κ1) is 13.9.